The molecule has 0 radical (unpaired) electrons. The highest BCUT2D eigenvalue weighted by Gasteiger charge is 2.32. The van der Waals surface area contributed by atoms with Gasteiger partial charge in [-0.2, -0.15) is 18.2 Å². The van der Waals surface area contributed by atoms with Gasteiger partial charge in [0.05, 0.1) is 17.0 Å². The average molecular weight is 530 g/mol. The van der Waals surface area contributed by atoms with Crippen molar-refractivity contribution in [2.75, 3.05) is 35.6 Å². The number of aromatic nitrogens is 2. The number of hydrogen-bond acceptors (Lipinski definition) is 6. The standard InChI is InChI=1S/C25H24F4N8O/c26-17-3-2-15(25(27,28)29)10-18(17)36-24(38)37-8-6-13-9-14(1-4-19(13)37)21(30)20-22(31)33-12-34-23(20)35-16-5-7-32-11-16/h1-4,9-10,12,16,30,32H,5-8,11H2,(H,36,38)(H3,31,33,34,35)/p+1/t16-/m1/s1. The largest absolute Gasteiger partial charge is 0.416 e. The molecule has 2 aliphatic heterocycles. The number of carbonyl (C=O) groups is 1. The maximum absolute atomic E-state index is 14.1. The molecule has 0 spiro atoms. The highest BCUT2D eigenvalue weighted by Crippen LogP contribution is 2.34. The number of alkyl halides is 3. The Kier molecular flexibility index (Phi) is 6.71. The van der Waals surface area contributed by atoms with Gasteiger partial charge >= 0.3 is 12.2 Å². The monoisotopic (exact) mass is 529 g/mol. The van der Waals surface area contributed by atoms with Crippen LogP contribution in [-0.2, 0) is 12.6 Å². The molecule has 3 heterocycles. The Morgan fingerprint density at radius 2 is 2.03 bits per heavy atom. The molecule has 7 N–H and O–H groups in total. The molecule has 1 saturated heterocycles. The van der Waals surface area contributed by atoms with Crippen molar-refractivity contribution >= 4 is 34.8 Å². The molecule has 3 aromatic rings. The number of anilines is 3. The topological polar surface area (TPSA) is 137 Å². The Hall–Kier alpha value is -4.10. The highest BCUT2D eigenvalue weighted by molar-refractivity contribution is 6.16. The number of amides is 2. The molecule has 2 aliphatic rings. The SMILES string of the molecule is N=C(c1ccc2c(c1)CCN2C(=O)Nc1cc(C(F)(F)F)ccc1F)c1c(N)ncnc1[NH2+][C@@H]1CCNC1. The van der Waals surface area contributed by atoms with E-state index in [-0.39, 0.29) is 24.1 Å². The number of quaternary nitrogens is 1. The summed E-state index contributed by atoms with van der Waals surface area (Å²) in [6.07, 6.45) is -1.90. The molecule has 0 aliphatic carbocycles. The van der Waals surface area contributed by atoms with Crippen molar-refractivity contribution in [2.24, 2.45) is 0 Å². The fraction of sp³-hybridized carbons (Fsp3) is 0.280. The van der Waals surface area contributed by atoms with Gasteiger partial charge in [-0.1, -0.05) is 6.07 Å². The zero-order valence-electron chi connectivity index (χ0n) is 20.1. The summed E-state index contributed by atoms with van der Waals surface area (Å²) in [6.45, 7) is 1.96. The minimum Gasteiger partial charge on any atom is -0.383 e. The highest BCUT2D eigenvalue weighted by atomic mass is 19.4. The van der Waals surface area contributed by atoms with Crippen molar-refractivity contribution in [1.82, 2.24) is 15.3 Å². The lowest BCUT2D eigenvalue weighted by Crippen LogP contribution is -2.86. The van der Waals surface area contributed by atoms with E-state index in [4.69, 9.17) is 11.1 Å². The van der Waals surface area contributed by atoms with Crippen molar-refractivity contribution in [3.63, 3.8) is 0 Å². The van der Waals surface area contributed by atoms with E-state index < -0.39 is 29.3 Å². The van der Waals surface area contributed by atoms with Crippen molar-refractivity contribution in [2.45, 2.75) is 25.1 Å². The number of nitrogens with zero attached hydrogens (tertiary/aromatic N) is 3. The second kappa shape index (κ2) is 9.99. The Morgan fingerprint density at radius 1 is 1.21 bits per heavy atom. The van der Waals surface area contributed by atoms with E-state index in [1.807, 2.05) is 5.32 Å². The van der Waals surface area contributed by atoms with Crippen LogP contribution in [0.2, 0.25) is 0 Å². The smallest absolute Gasteiger partial charge is 0.383 e. The van der Waals surface area contributed by atoms with Crippen LogP contribution in [0.25, 0.3) is 0 Å². The number of urea groups is 1. The van der Waals surface area contributed by atoms with Crippen LogP contribution in [0.4, 0.5) is 45.4 Å². The minimum absolute atomic E-state index is 0.136. The Labute approximate surface area is 215 Å². The molecule has 198 valence electrons. The van der Waals surface area contributed by atoms with E-state index in [2.05, 4.69) is 20.6 Å². The third-order valence-corrected chi connectivity index (χ3v) is 6.69. The minimum atomic E-state index is -4.67. The second-order valence-electron chi connectivity index (χ2n) is 9.18. The van der Waals surface area contributed by atoms with Crippen LogP contribution < -0.4 is 26.6 Å². The quantitative estimate of drug-likeness (QED) is 0.256. The fourth-order valence-corrected chi connectivity index (χ4v) is 4.73. The third kappa shape index (κ3) is 5.02. The Bertz CT molecular complexity index is 1400. The van der Waals surface area contributed by atoms with Gasteiger partial charge in [0, 0.05) is 37.3 Å². The number of benzene rings is 2. The van der Waals surface area contributed by atoms with Gasteiger partial charge in [0.1, 0.15) is 29.6 Å². The lowest BCUT2D eigenvalue weighted by Gasteiger charge is -2.19. The number of nitrogen functional groups attached to an aromatic ring is 1. The van der Waals surface area contributed by atoms with Gasteiger partial charge in [-0.3, -0.25) is 15.6 Å². The van der Waals surface area contributed by atoms with Crippen LogP contribution in [0.5, 0.6) is 0 Å². The van der Waals surface area contributed by atoms with E-state index >= 15 is 0 Å². The maximum Gasteiger partial charge on any atom is 0.416 e. The molecule has 2 amide bonds. The first-order valence-electron chi connectivity index (χ1n) is 12.0. The summed E-state index contributed by atoms with van der Waals surface area (Å²) in [6, 6.07) is 6.44. The zero-order valence-corrected chi connectivity index (χ0v) is 20.1. The van der Waals surface area contributed by atoms with Crippen molar-refractivity contribution < 1.29 is 27.7 Å². The zero-order chi connectivity index (χ0) is 27.0. The number of fused-ring (bicyclic) bond motifs is 1. The lowest BCUT2D eigenvalue weighted by atomic mass is 9.99. The molecule has 1 atom stereocenters. The van der Waals surface area contributed by atoms with Gasteiger partial charge in [-0.15, -0.1) is 0 Å². The lowest BCUT2D eigenvalue weighted by molar-refractivity contribution is -0.609. The summed E-state index contributed by atoms with van der Waals surface area (Å²) in [5, 5.41) is 16.4. The number of hydrogen-bond donors (Lipinski definition) is 5. The first kappa shape index (κ1) is 25.5. The average Bonchev–Trinajstić information content (AvgIpc) is 3.54. The van der Waals surface area contributed by atoms with E-state index in [1.165, 1.54) is 11.2 Å². The van der Waals surface area contributed by atoms with Crippen molar-refractivity contribution in [1.29, 1.82) is 5.41 Å². The summed E-state index contributed by atoms with van der Waals surface area (Å²) >= 11 is 0. The predicted octanol–water partition coefficient (Wildman–Crippen LogP) is 2.78. The summed E-state index contributed by atoms with van der Waals surface area (Å²) < 4.78 is 53.2. The second-order valence-corrected chi connectivity index (χ2v) is 9.18. The number of rotatable bonds is 5. The molecule has 0 bridgehead atoms. The molecule has 1 fully saturated rings. The van der Waals surface area contributed by atoms with E-state index in [9.17, 15) is 22.4 Å². The summed E-state index contributed by atoms with van der Waals surface area (Å²) in [7, 11) is 0. The summed E-state index contributed by atoms with van der Waals surface area (Å²) in [5.74, 6) is -0.203. The van der Waals surface area contributed by atoms with Gasteiger partial charge < -0.3 is 16.4 Å². The van der Waals surface area contributed by atoms with Gasteiger partial charge in [-0.05, 0) is 42.3 Å². The van der Waals surface area contributed by atoms with Crippen LogP contribution in [-0.4, -0.2) is 47.4 Å². The molecule has 0 unspecified atom stereocenters. The van der Waals surface area contributed by atoms with E-state index in [1.54, 1.807) is 18.2 Å². The maximum atomic E-state index is 14.1. The van der Waals surface area contributed by atoms with E-state index in [0.717, 1.165) is 25.1 Å². The number of carbonyl (C=O) groups excluding carboxylic acids is 1. The van der Waals surface area contributed by atoms with Gasteiger partial charge in [0.15, 0.2) is 0 Å². The molecule has 38 heavy (non-hydrogen) atoms. The van der Waals surface area contributed by atoms with Crippen LogP contribution in [0.1, 0.15) is 28.7 Å². The first-order valence-corrected chi connectivity index (χ1v) is 12.0. The summed E-state index contributed by atoms with van der Waals surface area (Å²) in [5.41, 5.74) is 6.91. The van der Waals surface area contributed by atoms with Crippen LogP contribution in [0, 0.1) is 11.2 Å². The number of nitrogens with one attached hydrogen (secondary N) is 3. The predicted molar refractivity (Wildman–Crippen MR) is 133 cm³/mol. The van der Waals surface area contributed by atoms with E-state index in [0.29, 0.717) is 47.3 Å². The van der Waals surface area contributed by atoms with Crippen LogP contribution >= 0.6 is 0 Å². The summed E-state index contributed by atoms with van der Waals surface area (Å²) in [4.78, 5) is 22.6. The fourth-order valence-electron chi connectivity index (χ4n) is 4.73. The van der Waals surface area contributed by atoms with Gasteiger partial charge in [-0.25, -0.2) is 14.2 Å². The first-order chi connectivity index (χ1) is 18.1. The molecule has 5 rings (SSSR count). The number of nitrogens with two attached hydrogens (primary N) is 2. The molecule has 9 nitrogen and oxygen atoms in total. The molecular weight excluding hydrogens is 504 g/mol. The van der Waals surface area contributed by atoms with Crippen LogP contribution in [0.15, 0.2) is 42.7 Å². The number of halogens is 4. The molecule has 1 aromatic heterocycles. The Morgan fingerprint density at radius 3 is 2.76 bits per heavy atom. The molecule has 2 aromatic carbocycles. The third-order valence-electron chi connectivity index (χ3n) is 6.69. The van der Waals surface area contributed by atoms with Crippen LogP contribution in [0.3, 0.4) is 0 Å². The Balaban J connectivity index is 1.36. The molecule has 13 heteroatoms. The van der Waals surface area contributed by atoms with Gasteiger partial charge in [0.25, 0.3) is 0 Å². The molecule has 0 saturated carbocycles. The van der Waals surface area contributed by atoms with Crippen molar-refractivity contribution in [3.05, 3.63) is 70.8 Å². The van der Waals surface area contributed by atoms with Crippen molar-refractivity contribution in [3.8, 4) is 0 Å². The normalized spacial score (nSPS) is 16.9. The van der Waals surface area contributed by atoms with Gasteiger partial charge in [0.2, 0.25) is 5.82 Å². The molecular formula is C25H25F4N8O+.